The van der Waals surface area contributed by atoms with Crippen molar-refractivity contribution in [3.63, 3.8) is 0 Å². The van der Waals surface area contributed by atoms with Crippen LogP contribution in [0.15, 0.2) is 24.3 Å². The van der Waals surface area contributed by atoms with Crippen molar-refractivity contribution in [1.82, 2.24) is 10.2 Å². The molecule has 0 bridgehead atoms. The summed E-state index contributed by atoms with van der Waals surface area (Å²) in [5.74, 6) is 1.49. The predicted octanol–water partition coefficient (Wildman–Crippen LogP) is 1.54. The number of carbonyl (C=O) groups is 1. The fourth-order valence-corrected chi connectivity index (χ4v) is 2.36. The zero-order chi connectivity index (χ0) is 15.2. The van der Waals surface area contributed by atoms with Gasteiger partial charge in [0.25, 0.3) is 0 Å². The third kappa shape index (κ3) is 3.76. The highest BCUT2D eigenvalue weighted by atomic mass is 16.5. The second-order valence-electron chi connectivity index (χ2n) is 4.97. The first-order valence-corrected chi connectivity index (χ1v) is 7.06. The number of benzene rings is 1. The first-order chi connectivity index (χ1) is 10.2. The number of nitrogens with one attached hydrogen (secondary N) is 1. The van der Waals surface area contributed by atoms with E-state index in [9.17, 15) is 4.79 Å². The van der Waals surface area contributed by atoms with Crippen LogP contribution in [-0.2, 0) is 4.79 Å². The summed E-state index contributed by atoms with van der Waals surface area (Å²) in [5.41, 5.74) is 1.79. The van der Waals surface area contributed by atoms with E-state index in [4.69, 9.17) is 9.47 Å². The molecule has 1 aliphatic heterocycles. The molecular weight excluding hydrogens is 268 g/mol. The van der Waals surface area contributed by atoms with Crippen molar-refractivity contribution in [2.24, 2.45) is 0 Å². The molecule has 1 saturated heterocycles. The van der Waals surface area contributed by atoms with Gasteiger partial charge in [-0.15, -0.1) is 0 Å². The van der Waals surface area contributed by atoms with E-state index in [-0.39, 0.29) is 5.91 Å². The van der Waals surface area contributed by atoms with E-state index >= 15 is 0 Å². The highest BCUT2D eigenvalue weighted by Crippen LogP contribution is 2.29. The fourth-order valence-electron chi connectivity index (χ4n) is 2.36. The van der Waals surface area contributed by atoms with Crippen molar-refractivity contribution in [2.45, 2.75) is 6.92 Å². The van der Waals surface area contributed by atoms with Gasteiger partial charge in [-0.05, 0) is 24.6 Å². The molecular formula is C16H22N2O3. The largest absolute Gasteiger partial charge is 0.497 e. The quantitative estimate of drug-likeness (QED) is 0.855. The molecule has 5 heteroatoms. The molecule has 1 N–H and O–H groups in total. The summed E-state index contributed by atoms with van der Waals surface area (Å²) in [6, 6.07) is 5.60. The fraction of sp³-hybridized carbons (Fsp3) is 0.438. The van der Waals surface area contributed by atoms with Gasteiger partial charge in [0.1, 0.15) is 11.5 Å². The molecule has 0 aliphatic carbocycles. The molecule has 114 valence electrons. The number of amides is 1. The Balaban J connectivity index is 2.19. The summed E-state index contributed by atoms with van der Waals surface area (Å²) in [5, 5.41) is 3.24. The van der Waals surface area contributed by atoms with Gasteiger partial charge in [0.2, 0.25) is 5.91 Å². The number of methoxy groups -OCH3 is 2. The molecule has 1 heterocycles. The van der Waals surface area contributed by atoms with E-state index in [1.54, 1.807) is 20.3 Å². The standard InChI is InChI=1S/C16H22N2O3/c1-12(10-16(19)18-8-6-17-7-9-18)14-5-4-13(20-2)11-15(14)21-3/h4-5,10-11,17H,6-9H2,1-3H3/b12-10+. The summed E-state index contributed by atoms with van der Waals surface area (Å²) < 4.78 is 10.6. The smallest absolute Gasteiger partial charge is 0.246 e. The van der Waals surface area contributed by atoms with E-state index in [0.29, 0.717) is 5.75 Å². The SMILES string of the molecule is COc1ccc(/C(C)=C/C(=O)N2CCNCC2)c(OC)c1. The number of nitrogens with zero attached hydrogens (tertiary/aromatic N) is 1. The average molecular weight is 290 g/mol. The minimum absolute atomic E-state index is 0.0480. The minimum atomic E-state index is 0.0480. The second-order valence-corrected chi connectivity index (χ2v) is 4.97. The second kappa shape index (κ2) is 7.13. The zero-order valence-electron chi connectivity index (χ0n) is 12.8. The van der Waals surface area contributed by atoms with Gasteiger partial charge in [-0.25, -0.2) is 0 Å². The van der Waals surface area contributed by atoms with Crippen LogP contribution in [0.2, 0.25) is 0 Å². The Morgan fingerprint density at radius 1 is 1.24 bits per heavy atom. The number of piperazine rings is 1. The van der Waals surface area contributed by atoms with E-state index in [2.05, 4.69) is 5.32 Å². The van der Waals surface area contributed by atoms with Gasteiger partial charge in [-0.1, -0.05) is 0 Å². The molecule has 1 aromatic carbocycles. The zero-order valence-corrected chi connectivity index (χ0v) is 12.8. The molecule has 0 spiro atoms. The van der Waals surface area contributed by atoms with Gasteiger partial charge in [0.05, 0.1) is 14.2 Å². The molecule has 21 heavy (non-hydrogen) atoms. The summed E-state index contributed by atoms with van der Waals surface area (Å²) in [6.07, 6.45) is 1.68. The topological polar surface area (TPSA) is 50.8 Å². The Hall–Kier alpha value is -2.01. The van der Waals surface area contributed by atoms with Crippen molar-refractivity contribution < 1.29 is 14.3 Å². The third-order valence-corrected chi connectivity index (χ3v) is 3.60. The Morgan fingerprint density at radius 3 is 2.57 bits per heavy atom. The highest BCUT2D eigenvalue weighted by Gasteiger charge is 2.15. The van der Waals surface area contributed by atoms with Crippen LogP contribution >= 0.6 is 0 Å². The van der Waals surface area contributed by atoms with Crippen LogP contribution in [0.1, 0.15) is 12.5 Å². The molecule has 0 aromatic heterocycles. The lowest BCUT2D eigenvalue weighted by atomic mass is 10.1. The Morgan fingerprint density at radius 2 is 1.95 bits per heavy atom. The van der Waals surface area contributed by atoms with Crippen molar-refractivity contribution in [3.8, 4) is 11.5 Å². The number of hydrogen-bond donors (Lipinski definition) is 1. The molecule has 0 radical (unpaired) electrons. The van der Waals surface area contributed by atoms with Crippen LogP contribution in [0.4, 0.5) is 0 Å². The lowest BCUT2D eigenvalue weighted by Gasteiger charge is -2.26. The molecule has 0 saturated carbocycles. The maximum absolute atomic E-state index is 12.3. The van der Waals surface area contributed by atoms with Gasteiger partial charge in [0, 0.05) is 43.9 Å². The summed E-state index contributed by atoms with van der Waals surface area (Å²) >= 11 is 0. The number of hydrogen-bond acceptors (Lipinski definition) is 4. The predicted molar refractivity (Wildman–Crippen MR) is 82.6 cm³/mol. The van der Waals surface area contributed by atoms with Crippen LogP contribution in [0.3, 0.4) is 0 Å². The monoisotopic (exact) mass is 290 g/mol. The summed E-state index contributed by atoms with van der Waals surface area (Å²) in [4.78, 5) is 14.1. The van der Waals surface area contributed by atoms with Crippen LogP contribution in [0, 0.1) is 0 Å². The molecule has 2 rings (SSSR count). The number of rotatable bonds is 4. The number of allylic oxidation sites excluding steroid dienone is 1. The van der Waals surface area contributed by atoms with E-state index in [1.807, 2.05) is 30.0 Å². The maximum Gasteiger partial charge on any atom is 0.246 e. The lowest BCUT2D eigenvalue weighted by molar-refractivity contribution is -0.126. The molecule has 1 aliphatic rings. The third-order valence-electron chi connectivity index (χ3n) is 3.60. The van der Waals surface area contributed by atoms with E-state index in [1.165, 1.54) is 0 Å². The van der Waals surface area contributed by atoms with Crippen molar-refractivity contribution in [2.75, 3.05) is 40.4 Å². The molecule has 1 amide bonds. The number of ether oxygens (including phenoxy) is 2. The molecule has 5 nitrogen and oxygen atoms in total. The maximum atomic E-state index is 12.3. The molecule has 1 aromatic rings. The molecule has 0 unspecified atom stereocenters. The van der Waals surface area contributed by atoms with Crippen LogP contribution in [0.5, 0.6) is 11.5 Å². The average Bonchev–Trinajstić information content (AvgIpc) is 2.54. The number of carbonyl (C=O) groups excluding carboxylic acids is 1. The van der Waals surface area contributed by atoms with Gasteiger partial charge in [-0.3, -0.25) is 4.79 Å². The Kier molecular flexibility index (Phi) is 5.22. The Bertz CT molecular complexity index is 534. The molecule has 1 fully saturated rings. The van der Waals surface area contributed by atoms with E-state index in [0.717, 1.165) is 43.1 Å². The van der Waals surface area contributed by atoms with Crippen molar-refractivity contribution >= 4 is 11.5 Å². The van der Waals surface area contributed by atoms with Crippen LogP contribution in [0.25, 0.3) is 5.57 Å². The summed E-state index contributed by atoms with van der Waals surface area (Å²) in [6.45, 7) is 5.13. The summed E-state index contributed by atoms with van der Waals surface area (Å²) in [7, 11) is 3.23. The molecule has 0 atom stereocenters. The van der Waals surface area contributed by atoms with E-state index < -0.39 is 0 Å². The minimum Gasteiger partial charge on any atom is -0.497 e. The van der Waals surface area contributed by atoms with Crippen LogP contribution in [-0.4, -0.2) is 51.2 Å². The lowest BCUT2D eigenvalue weighted by Crippen LogP contribution is -2.45. The van der Waals surface area contributed by atoms with Gasteiger partial charge < -0.3 is 19.7 Å². The van der Waals surface area contributed by atoms with Crippen molar-refractivity contribution in [3.05, 3.63) is 29.8 Å². The Labute approximate surface area is 125 Å². The normalized spacial score (nSPS) is 15.8. The highest BCUT2D eigenvalue weighted by molar-refractivity contribution is 5.95. The van der Waals surface area contributed by atoms with Gasteiger partial charge in [-0.2, -0.15) is 0 Å². The van der Waals surface area contributed by atoms with Crippen LogP contribution < -0.4 is 14.8 Å². The first-order valence-electron chi connectivity index (χ1n) is 7.06. The van der Waals surface area contributed by atoms with Gasteiger partial charge in [0.15, 0.2) is 0 Å². The van der Waals surface area contributed by atoms with Crippen molar-refractivity contribution in [1.29, 1.82) is 0 Å². The van der Waals surface area contributed by atoms with Gasteiger partial charge >= 0.3 is 0 Å². The first kappa shape index (κ1) is 15.4.